The van der Waals surface area contributed by atoms with Crippen LogP contribution in [-0.2, 0) is 9.84 Å². The molecule has 2 N–H and O–H groups in total. The predicted molar refractivity (Wildman–Crippen MR) is 83.5 cm³/mol. The van der Waals surface area contributed by atoms with Gasteiger partial charge >= 0.3 is 0 Å². The van der Waals surface area contributed by atoms with Gasteiger partial charge in [0.1, 0.15) is 11.4 Å². The maximum absolute atomic E-state index is 12.2. The van der Waals surface area contributed by atoms with Crippen molar-refractivity contribution in [2.45, 2.75) is 12.3 Å². The summed E-state index contributed by atoms with van der Waals surface area (Å²) in [6, 6.07) is 7.11. The van der Waals surface area contributed by atoms with Crippen molar-refractivity contribution in [2.75, 3.05) is 34.4 Å². The summed E-state index contributed by atoms with van der Waals surface area (Å²) in [6.07, 6.45) is 0. The second kappa shape index (κ2) is 5.94. The molecule has 1 aliphatic heterocycles. The largest absolute Gasteiger partial charge is 0.398 e. The van der Waals surface area contributed by atoms with Gasteiger partial charge in [-0.2, -0.15) is 17.0 Å². The molecule has 7 heteroatoms. The van der Waals surface area contributed by atoms with E-state index in [1.54, 1.807) is 36.9 Å². The third-order valence-electron chi connectivity index (χ3n) is 3.39. The number of thioether (sulfide) groups is 1. The van der Waals surface area contributed by atoms with E-state index in [0.29, 0.717) is 23.5 Å². The van der Waals surface area contributed by atoms with Gasteiger partial charge < -0.3 is 10.6 Å². The van der Waals surface area contributed by atoms with Gasteiger partial charge in [0.2, 0.25) is 0 Å². The summed E-state index contributed by atoms with van der Waals surface area (Å²) < 4.78 is 24.4. The number of nitrogens with zero attached hydrogens (tertiary/aromatic N) is 2. The fraction of sp³-hybridized carbons (Fsp3) is 0.462. The van der Waals surface area contributed by atoms with Crippen LogP contribution in [0.2, 0.25) is 0 Å². The smallest absolute Gasteiger partial charge is 0.171 e. The zero-order valence-electron chi connectivity index (χ0n) is 11.2. The Hall–Kier alpha value is -1.39. The predicted octanol–water partition coefficient (Wildman–Crippen LogP) is 1.45. The summed E-state index contributed by atoms with van der Waals surface area (Å²) in [6.45, 7) is 2.33. The van der Waals surface area contributed by atoms with Crippen molar-refractivity contribution < 1.29 is 8.42 Å². The first kappa shape index (κ1) is 15.0. The molecule has 0 spiro atoms. The summed E-state index contributed by atoms with van der Waals surface area (Å²) in [5, 5.41) is 8.38. The lowest BCUT2D eigenvalue weighted by molar-refractivity contribution is 0.579. The molecular weight excluding hydrogens is 294 g/mol. The number of hydrogen-bond acceptors (Lipinski definition) is 6. The first-order valence-corrected chi connectivity index (χ1v) is 9.22. The van der Waals surface area contributed by atoms with Crippen LogP contribution in [0.15, 0.2) is 18.2 Å². The summed E-state index contributed by atoms with van der Waals surface area (Å²) in [5.74, 6) is 1.58. The Morgan fingerprint density at radius 2 is 2.30 bits per heavy atom. The van der Waals surface area contributed by atoms with Crippen molar-refractivity contribution in [1.29, 1.82) is 5.26 Å². The highest BCUT2D eigenvalue weighted by atomic mass is 32.2. The topological polar surface area (TPSA) is 87.2 Å². The Morgan fingerprint density at radius 3 is 2.90 bits per heavy atom. The van der Waals surface area contributed by atoms with Crippen LogP contribution in [0.1, 0.15) is 12.5 Å². The molecule has 108 valence electrons. The zero-order valence-corrected chi connectivity index (χ0v) is 12.9. The van der Waals surface area contributed by atoms with Crippen LogP contribution >= 0.6 is 11.8 Å². The highest BCUT2D eigenvalue weighted by molar-refractivity contribution is 8.01. The summed E-state index contributed by atoms with van der Waals surface area (Å²) in [5.41, 5.74) is 7.39. The van der Waals surface area contributed by atoms with Crippen LogP contribution in [0.5, 0.6) is 0 Å². The molecule has 1 aromatic carbocycles. The van der Waals surface area contributed by atoms with E-state index in [1.165, 1.54) is 0 Å². The average Bonchev–Trinajstić information content (AvgIpc) is 2.47. The minimum atomic E-state index is -3.15. The monoisotopic (exact) mass is 311 g/mol. The summed E-state index contributed by atoms with van der Waals surface area (Å²) in [4.78, 5) is 1.88. The zero-order chi connectivity index (χ0) is 14.8. The van der Waals surface area contributed by atoms with Crippen molar-refractivity contribution in [2.24, 2.45) is 0 Å². The molecule has 5 nitrogen and oxygen atoms in total. The van der Waals surface area contributed by atoms with E-state index in [-0.39, 0.29) is 5.75 Å². The van der Waals surface area contributed by atoms with Crippen LogP contribution in [0.4, 0.5) is 11.4 Å². The van der Waals surface area contributed by atoms with Crippen LogP contribution in [-0.4, -0.2) is 37.6 Å². The maximum atomic E-state index is 12.2. The molecule has 0 radical (unpaired) electrons. The lowest BCUT2D eigenvalue weighted by Gasteiger charge is -2.36. The molecule has 0 aromatic heterocycles. The first-order valence-electron chi connectivity index (χ1n) is 6.35. The molecule has 1 aliphatic rings. The molecule has 0 saturated carbocycles. The molecule has 20 heavy (non-hydrogen) atoms. The van der Waals surface area contributed by atoms with Gasteiger partial charge in [-0.05, 0) is 18.2 Å². The number of anilines is 2. The lowest BCUT2D eigenvalue weighted by atomic mass is 10.1. The number of benzene rings is 1. The van der Waals surface area contributed by atoms with E-state index in [4.69, 9.17) is 11.0 Å². The number of sulfone groups is 1. The van der Waals surface area contributed by atoms with Gasteiger partial charge in [0, 0.05) is 29.5 Å². The van der Waals surface area contributed by atoms with E-state index in [0.717, 1.165) is 11.4 Å². The number of nitrogen functional groups attached to an aromatic ring is 1. The maximum Gasteiger partial charge on any atom is 0.171 e. The van der Waals surface area contributed by atoms with Crippen molar-refractivity contribution in [3.8, 4) is 6.07 Å². The van der Waals surface area contributed by atoms with Gasteiger partial charge in [0.15, 0.2) is 9.84 Å². The van der Waals surface area contributed by atoms with Crippen LogP contribution in [0, 0.1) is 11.3 Å². The van der Waals surface area contributed by atoms with Gasteiger partial charge in [-0.1, -0.05) is 6.92 Å². The van der Waals surface area contributed by atoms with Crippen LogP contribution in [0.25, 0.3) is 0 Å². The molecule has 1 atom stereocenters. The Kier molecular flexibility index (Phi) is 4.45. The van der Waals surface area contributed by atoms with Crippen molar-refractivity contribution in [3.63, 3.8) is 0 Å². The fourth-order valence-electron chi connectivity index (χ4n) is 2.20. The first-order chi connectivity index (χ1) is 9.49. The molecule has 0 amide bonds. The number of hydrogen-bond donors (Lipinski definition) is 1. The quantitative estimate of drug-likeness (QED) is 0.850. The van der Waals surface area contributed by atoms with E-state index in [1.807, 2.05) is 11.0 Å². The van der Waals surface area contributed by atoms with Gasteiger partial charge in [-0.25, -0.2) is 8.42 Å². The Labute approximate surface area is 123 Å². The molecule has 1 aromatic rings. The SMILES string of the molecule is CCS(=O)(=O)C1CSCCN1c1ccc(C#N)c(N)c1. The second-order valence-corrected chi connectivity index (χ2v) is 8.15. The summed E-state index contributed by atoms with van der Waals surface area (Å²) in [7, 11) is -3.15. The molecule has 1 fully saturated rings. The number of rotatable bonds is 3. The molecule has 0 aliphatic carbocycles. The third-order valence-corrected chi connectivity index (χ3v) is 6.68. The highest BCUT2D eigenvalue weighted by Crippen LogP contribution is 2.29. The summed E-state index contributed by atoms with van der Waals surface area (Å²) >= 11 is 1.65. The molecule has 1 heterocycles. The van der Waals surface area contributed by atoms with Gasteiger partial charge in [0.05, 0.1) is 11.3 Å². The minimum absolute atomic E-state index is 0.125. The van der Waals surface area contributed by atoms with E-state index < -0.39 is 15.2 Å². The molecular formula is C13H17N3O2S2. The average molecular weight is 311 g/mol. The van der Waals surface area contributed by atoms with E-state index in [9.17, 15) is 8.42 Å². The van der Waals surface area contributed by atoms with Crippen LogP contribution in [0.3, 0.4) is 0 Å². The normalized spacial score (nSPS) is 19.6. The van der Waals surface area contributed by atoms with Gasteiger partial charge in [0.25, 0.3) is 0 Å². The lowest BCUT2D eigenvalue weighted by Crippen LogP contribution is -2.48. The van der Waals surface area contributed by atoms with Crippen molar-refractivity contribution >= 4 is 33.0 Å². The molecule has 2 rings (SSSR count). The fourth-order valence-corrected chi connectivity index (χ4v) is 5.19. The van der Waals surface area contributed by atoms with Crippen LogP contribution < -0.4 is 10.6 Å². The second-order valence-electron chi connectivity index (χ2n) is 4.56. The molecule has 0 bridgehead atoms. The Bertz CT molecular complexity index is 638. The molecule has 1 unspecified atom stereocenters. The third kappa shape index (κ3) is 2.86. The standard InChI is InChI=1S/C13H17N3O2S2/c1-2-20(17,18)13-9-19-6-5-16(13)11-4-3-10(8-14)12(15)7-11/h3-4,7,13H,2,5-6,9,15H2,1H3. The number of nitrogens with two attached hydrogens (primary N) is 1. The Morgan fingerprint density at radius 1 is 1.55 bits per heavy atom. The van der Waals surface area contributed by atoms with Gasteiger partial charge in [-0.15, -0.1) is 0 Å². The number of nitriles is 1. The minimum Gasteiger partial charge on any atom is -0.398 e. The van der Waals surface area contributed by atoms with Crippen molar-refractivity contribution in [3.05, 3.63) is 23.8 Å². The molecule has 1 saturated heterocycles. The highest BCUT2D eigenvalue weighted by Gasteiger charge is 2.33. The Balaban J connectivity index is 2.38. The van der Waals surface area contributed by atoms with Crippen molar-refractivity contribution in [1.82, 2.24) is 0 Å². The van der Waals surface area contributed by atoms with Gasteiger partial charge in [-0.3, -0.25) is 0 Å². The van der Waals surface area contributed by atoms with E-state index in [2.05, 4.69) is 0 Å². The van der Waals surface area contributed by atoms with E-state index >= 15 is 0 Å².